The molecule has 4 heteroatoms. The molecular weight excluding hydrogens is 182 g/mol. The lowest BCUT2D eigenvalue weighted by Crippen LogP contribution is -2.27. The molecule has 1 aliphatic heterocycles. The van der Waals surface area contributed by atoms with Crippen molar-refractivity contribution in [2.45, 2.75) is 12.8 Å². The second kappa shape index (κ2) is 3.65. The third-order valence-electron chi connectivity index (χ3n) is 2.34. The van der Waals surface area contributed by atoms with Gasteiger partial charge in [0.15, 0.2) is 0 Å². The van der Waals surface area contributed by atoms with Crippen molar-refractivity contribution in [3.05, 3.63) is 34.4 Å². The van der Waals surface area contributed by atoms with Crippen LogP contribution < -0.4 is 5.63 Å². The van der Waals surface area contributed by atoms with E-state index in [0.29, 0.717) is 5.56 Å². The van der Waals surface area contributed by atoms with Crippen LogP contribution in [0.2, 0.25) is 0 Å². The zero-order valence-corrected chi connectivity index (χ0v) is 7.73. The SMILES string of the molecule is O=C(c1ccc(=O)oc1)N1CCCC1. The number of hydrogen-bond donors (Lipinski definition) is 0. The van der Waals surface area contributed by atoms with Crippen molar-refractivity contribution in [3.63, 3.8) is 0 Å². The highest BCUT2D eigenvalue weighted by Crippen LogP contribution is 2.11. The molecule has 0 radical (unpaired) electrons. The van der Waals surface area contributed by atoms with Crippen molar-refractivity contribution in [3.8, 4) is 0 Å². The summed E-state index contributed by atoms with van der Waals surface area (Å²) in [6, 6.07) is 2.77. The molecule has 1 fully saturated rings. The highest BCUT2D eigenvalue weighted by molar-refractivity contribution is 5.93. The molecule has 0 N–H and O–H groups in total. The Balaban J connectivity index is 2.18. The smallest absolute Gasteiger partial charge is 0.335 e. The zero-order chi connectivity index (χ0) is 9.97. The lowest BCUT2D eigenvalue weighted by molar-refractivity contribution is 0.0790. The number of likely N-dealkylation sites (tertiary alicyclic amines) is 1. The summed E-state index contributed by atoms with van der Waals surface area (Å²) < 4.78 is 4.64. The average Bonchev–Trinajstić information content (AvgIpc) is 2.71. The van der Waals surface area contributed by atoms with Gasteiger partial charge in [-0.25, -0.2) is 4.79 Å². The van der Waals surface area contributed by atoms with Gasteiger partial charge in [0.05, 0.1) is 5.56 Å². The third kappa shape index (κ3) is 1.69. The fourth-order valence-corrected chi connectivity index (χ4v) is 1.58. The molecule has 4 nitrogen and oxygen atoms in total. The minimum atomic E-state index is -0.428. The van der Waals surface area contributed by atoms with E-state index in [1.807, 2.05) is 0 Å². The summed E-state index contributed by atoms with van der Waals surface area (Å²) in [5.41, 5.74) is 0.0227. The van der Waals surface area contributed by atoms with E-state index in [9.17, 15) is 9.59 Å². The van der Waals surface area contributed by atoms with Crippen LogP contribution in [0.4, 0.5) is 0 Å². The molecule has 0 bridgehead atoms. The molecule has 0 aliphatic carbocycles. The van der Waals surface area contributed by atoms with Gasteiger partial charge in [0.25, 0.3) is 5.91 Å². The van der Waals surface area contributed by atoms with E-state index >= 15 is 0 Å². The molecule has 0 unspecified atom stereocenters. The number of carbonyl (C=O) groups is 1. The standard InChI is InChI=1S/C10H11NO3/c12-9-4-3-8(7-14-9)10(13)11-5-1-2-6-11/h3-4,7H,1-2,5-6H2. The van der Waals surface area contributed by atoms with Crippen LogP contribution in [-0.4, -0.2) is 23.9 Å². The quantitative estimate of drug-likeness (QED) is 0.665. The van der Waals surface area contributed by atoms with E-state index in [2.05, 4.69) is 4.42 Å². The van der Waals surface area contributed by atoms with Crippen LogP contribution in [0.25, 0.3) is 0 Å². The molecule has 0 saturated carbocycles. The van der Waals surface area contributed by atoms with Gasteiger partial charge in [-0.15, -0.1) is 0 Å². The summed E-state index contributed by atoms with van der Waals surface area (Å²) in [4.78, 5) is 24.2. The molecule has 1 saturated heterocycles. The molecule has 2 rings (SSSR count). The summed E-state index contributed by atoms with van der Waals surface area (Å²) in [5, 5.41) is 0. The molecule has 1 aromatic rings. The number of amides is 1. The van der Waals surface area contributed by atoms with Gasteiger partial charge in [-0.05, 0) is 18.9 Å². The largest absolute Gasteiger partial charge is 0.430 e. The Morgan fingerprint density at radius 3 is 2.57 bits per heavy atom. The van der Waals surface area contributed by atoms with Gasteiger partial charge in [0.1, 0.15) is 6.26 Å². The van der Waals surface area contributed by atoms with E-state index in [1.54, 1.807) is 4.90 Å². The topological polar surface area (TPSA) is 50.5 Å². The van der Waals surface area contributed by atoms with Crippen molar-refractivity contribution in [2.24, 2.45) is 0 Å². The monoisotopic (exact) mass is 193 g/mol. The highest BCUT2D eigenvalue weighted by Gasteiger charge is 2.19. The molecule has 14 heavy (non-hydrogen) atoms. The van der Waals surface area contributed by atoms with Crippen molar-refractivity contribution in [1.82, 2.24) is 4.90 Å². The van der Waals surface area contributed by atoms with Gasteiger partial charge in [0.2, 0.25) is 0 Å². The fourth-order valence-electron chi connectivity index (χ4n) is 1.58. The van der Waals surface area contributed by atoms with Crippen LogP contribution in [0.5, 0.6) is 0 Å². The number of carbonyl (C=O) groups excluding carboxylic acids is 1. The van der Waals surface area contributed by atoms with Gasteiger partial charge in [-0.1, -0.05) is 0 Å². The van der Waals surface area contributed by atoms with Gasteiger partial charge in [-0.2, -0.15) is 0 Å². The maximum Gasteiger partial charge on any atom is 0.335 e. The van der Waals surface area contributed by atoms with Gasteiger partial charge < -0.3 is 9.32 Å². The number of rotatable bonds is 1. The molecule has 1 amide bonds. The Labute approximate surface area is 81.1 Å². The Hall–Kier alpha value is -1.58. The Morgan fingerprint density at radius 1 is 1.29 bits per heavy atom. The predicted octanol–water partition coefficient (Wildman–Crippen LogP) is 0.876. The second-order valence-corrected chi connectivity index (χ2v) is 3.34. The van der Waals surface area contributed by atoms with E-state index in [4.69, 9.17) is 0 Å². The normalized spacial score (nSPS) is 15.9. The Morgan fingerprint density at radius 2 is 2.00 bits per heavy atom. The summed E-state index contributed by atoms with van der Waals surface area (Å²) >= 11 is 0. The first kappa shape index (κ1) is 8.99. The number of hydrogen-bond acceptors (Lipinski definition) is 3. The molecule has 0 aromatic carbocycles. The third-order valence-corrected chi connectivity index (χ3v) is 2.34. The fraction of sp³-hybridized carbons (Fsp3) is 0.400. The summed E-state index contributed by atoms with van der Waals surface area (Å²) in [7, 11) is 0. The molecule has 0 atom stereocenters. The second-order valence-electron chi connectivity index (χ2n) is 3.34. The van der Waals surface area contributed by atoms with Crippen LogP contribution in [-0.2, 0) is 0 Å². The van der Waals surface area contributed by atoms with Gasteiger partial charge >= 0.3 is 5.63 Å². The van der Waals surface area contributed by atoms with Crippen LogP contribution in [0.1, 0.15) is 23.2 Å². The Bertz CT molecular complexity index is 370. The lowest BCUT2D eigenvalue weighted by Gasteiger charge is -2.13. The van der Waals surface area contributed by atoms with Crippen molar-refractivity contribution < 1.29 is 9.21 Å². The molecule has 74 valence electrons. The first-order chi connectivity index (χ1) is 6.77. The molecule has 2 heterocycles. The van der Waals surface area contributed by atoms with Crippen molar-refractivity contribution in [1.29, 1.82) is 0 Å². The van der Waals surface area contributed by atoms with Gasteiger partial charge in [-0.3, -0.25) is 4.79 Å². The van der Waals surface area contributed by atoms with Gasteiger partial charge in [0, 0.05) is 19.2 Å². The van der Waals surface area contributed by atoms with E-state index in [-0.39, 0.29) is 5.91 Å². The van der Waals surface area contributed by atoms with Crippen molar-refractivity contribution >= 4 is 5.91 Å². The van der Waals surface area contributed by atoms with E-state index in [1.165, 1.54) is 18.4 Å². The molecule has 1 aromatic heterocycles. The molecular formula is C10H11NO3. The zero-order valence-electron chi connectivity index (χ0n) is 7.73. The number of nitrogens with zero attached hydrogens (tertiary/aromatic N) is 1. The highest BCUT2D eigenvalue weighted by atomic mass is 16.4. The molecule has 0 spiro atoms. The molecule has 1 aliphatic rings. The summed E-state index contributed by atoms with van der Waals surface area (Å²) in [5.74, 6) is -0.0498. The van der Waals surface area contributed by atoms with Crippen molar-refractivity contribution in [2.75, 3.05) is 13.1 Å². The predicted molar refractivity (Wildman–Crippen MR) is 50.1 cm³/mol. The maximum atomic E-state index is 11.7. The summed E-state index contributed by atoms with van der Waals surface area (Å²) in [6.45, 7) is 1.61. The van der Waals surface area contributed by atoms with Crippen LogP contribution in [0, 0.1) is 0 Å². The first-order valence-electron chi connectivity index (χ1n) is 4.65. The lowest BCUT2D eigenvalue weighted by atomic mass is 10.2. The Kier molecular flexibility index (Phi) is 2.35. The summed E-state index contributed by atoms with van der Waals surface area (Å²) in [6.07, 6.45) is 3.34. The first-order valence-corrected chi connectivity index (χ1v) is 4.65. The van der Waals surface area contributed by atoms with Crippen LogP contribution in [0.15, 0.2) is 27.6 Å². The maximum absolute atomic E-state index is 11.7. The van der Waals surface area contributed by atoms with Crippen LogP contribution >= 0.6 is 0 Å². The van der Waals surface area contributed by atoms with Crippen LogP contribution in [0.3, 0.4) is 0 Å². The minimum Gasteiger partial charge on any atom is -0.430 e. The minimum absolute atomic E-state index is 0.0498. The average molecular weight is 193 g/mol. The van der Waals surface area contributed by atoms with E-state index in [0.717, 1.165) is 25.9 Å². The van der Waals surface area contributed by atoms with E-state index < -0.39 is 5.63 Å².